The molecular formula is C20H32N2O4S2. The molecule has 1 aromatic carbocycles. The number of rotatable bonds is 10. The molecule has 1 atom stereocenters. The zero-order valence-electron chi connectivity index (χ0n) is 17.0. The number of nitrogens with one attached hydrogen (secondary N) is 1. The Morgan fingerprint density at radius 2 is 2.04 bits per heavy atom. The van der Waals surface area contributed by atoms with Gasteiger partial charge in [-0.15, -0.1) is 0 Å². The number of anilines is 1. The molecule has 0 aromatic heterocycles. The van der Waals surface area contributed by atoms with Crippen LogP contribution in [0.25, 0.3) is 0 Å². The van der Waals surface area contributed by atoms with Crippen LogP contribution in [-0.4, -0.2) is 51.3 Å². The van der Waals surface area contributed by atoms with Crippen LogP contribution in [0.3, 0.4) is 0 Å². The summed E-state index contributed by atoms with van der Waals surface area (Å²) in [5.41, 5.74) is 0.431. The first-order chi connectivity index (χ1) is 13.4. The largest absolute Gasteiger partial charge is 0.497 e. The number of sulfonamides is 1. The summed E-state index contributed by atoms with van der Waals surface area (Å²) in [6.07, 6.45) is 7.95. The molecule has 158 valence electrons. The van der Waals surface area contributed by atoms with Gasteiger partial charge in [-0.1, -0.05) is 32.3 Å². The second kappa shape index (κ2) is 11.0. The lowest BCUT2D eigenvalue weighted by atomic mass is 10.0. The predicted octanol–water partition coefficient (Wildman–Crippen LogP) is 3.42. The van der Waals surface area contributed by atoms with E-state index in [4.69, 9.17) is 4.74 Å². The normalized spacial score (nSPS) is 16.4. The van der Waals surface area contributed by atoms with Crippen LogP contribution >= 0.6 is 11.8 Å². The highest BCUT2D eigenvalue weighted by molar-refractivity contribution is 7.99. The number of carbonyl (C=O) groups excluding carboxylic acids is 1. The van der Waals surface area contributed by atoms with Gasteiger partial charge in [-0.05, 0) is 31.4 Å². The maximum atomic E-state index is 12.8. The summed E-state index contributed by atoms with van der Waals surface area (Å²) < 4.78 is 31.3. The van der Waals surface area contributed by atoms with E-state index in [1.165, 1.54) is 43.5 Å². The van der Waals surface area contributed by atoms with Crippen LogP contribution in [0.2, 0.25) is 0 Å². The zero-order chi connectivity index (χ0) is 20.6. The van der Waals surface area contributed by atoms with Gasteiger partial charge in [-0.25, -0.2) is 8.42 Å². The number of amides is 1. The molecule has 1 N–H and O–H groups in total. The molecular weight excluding hydrogens is 396 g/mol. The van der Waals surface area contributed by atoms with E-state index in [1.807, 2.05) is 18.7 Å². The number of methoxy groups -OCH3 is 1. The monoisotopic (exact) mass is 428 g/mol. The van der Waals surface area contributed by atoms with Gasteiger partial charge < -0.3 is 10.1 Å². The Kier molecular flexibility index (Phi) is 8.95. The van der Waals surface area contributed by atoms with Crippen molar-refractivity contribution in [1.29, 1.82) is 0 Å². The van der Waals surface area contributed by atoms with Gasteiger partial charge in [0.1, 0.15) is 11.8 Å². The van der Waals surface area contributed by atoms with Crippen LogP contribution in [0.15, 0.2) is 24.3 Å². The zero-order valence-corrected chi connectivity index (χ0v) is 18.7. The summed E-state index contributed by atoms with van der Waals surface area (Å²) in [5.74, 6) is 1.13. The predicted molar refractivity (Wildman–Crippen MR) is 117 cm³/mol. The molecule has 1 amide bonds. The van der Waals surface area contributed by atoms with E-state index < -0.39 is 16.1 Å². The summed E-state index contributed by atoms with van der Waals surface area (Å²) in [6.45, 7) is 2.37. The second-order valence-electron chi connectivity index (χ2n) is 7.11. The van der Waals surface area contributed by atoms with Crippen molar-refractivity contribution < 1.29 is 17.9 Å². The molecule has 1 aliphatic carbocycles. The van der Waals surface area contributed by atoms with Gasteiger partial charge in [-0.3, -0.25) is 9.10 Å². The minimum absolute atomic E-state index is 0.264. The molecule has 0 saturated heterocycles. The Morgan fingerprint density at radius 1 is 1.32 bits per heavy atom. The smallest absolute Gasteiger partial charge is 0.243 e. The molecule has 8 heteroatoms. The fraction of sp³-hybridized carbons (Fsp3) is 0.650. The maximum Gasteiger partial charge on any atom is 0.243 e. The third-order valence-electron chi connectivity index (χ3n) is 4.94. The topological polar surface area (TPSA) is 75.7 Å². The molecule has 28 heavy (non-hydrogen) atoms. The number of ether oxygens (including phenoxy) is 1. The molecule has 0 unspecified atom stereocenters. The lowest BCUT2D eigenvalue weighted by Gasteiger charge is -2.30. The average molecular weight is 429 g/mol. The summed E-state index contributed by atoms with van der Waals surface area (Å²) in [6, 6.07) is 5.99. The molecule has 1 aliphatic rings. The van der Waals surface area contributed by atoms with Crippen LogP contribution in [-0.2, 0) is 14.8 Å². The molecule has 1 fully saturated rings. The van der Waals surface area contributed by atoms with Crippen LogP contribution < -0.4 is 14.4 Å². The van der Waals surface area contributed by atoms with E-state index >= 15 is 0 Å². The van der Waals surface area contributed by atoms with Crippen molar-refractivity contribution in [3.05, 3.63) is 24.3 Å². The number of hydrogen-bond donors (Lipinski definition) is 1. The third kappa shape index (κ3) is 6.58. The van der Waals surface area contributed by atoms with E-state index in [0.29, 0.717) is 29.7 Å². The molecule has 0 aliphatic heterocycles. The molecule has 0 spiro atoms. The summed E-state index contributed by atoms with van der Waals surface area (Å²) >= 11 is 1.91. The Balaban J connectivity index is 2.02. The van der Waals surface area contributed by atoms with E-state index in [9.17, 15) is 13.2 Å². The molecule has 2 rings (SSSR count). The van der Waals surface area contributed by atoms with Gasteiger partial charge >= 0.3 is 0 Å². The van der Waals surface area contributed by atoms with Gasteiger partial charge in [0.25, 0.3) is 0 Å². The fourth-order valence-electron chi connectivity index (χ4n) is 3.56. The van der Waals surface area contributed by atoms with Crippen molar-refractivity contribution in [3.8, 4) is 5.75 Å². The van der Waals surface area contributed by atoms with Crippen molar-refractivity contribution in [2.75, 3.05) is 30.0 Å². The lowest BCUT2D eigenvalue weighted by molar-refractivity contribution is -0.122. The van der Waals surface area contributed by atoms with Gasteiger partial charge in [0, 0.05) is 23.6 Å². The molecule has 0 heterocycles. The van der Waals surface area contributed by atoms with Gasteiger partial charge in [0.15, 0.2) is 0 Å². The first-order valence-electron chi connectivity index (χ1n) is 9.89. The van der Waals surface area contributed by atoms with E-state index in [0.717, 1.165) is 12.0 Å². The Morgan fingerprint density at radius 3 is 2.64 bits per heavy atom. The summed E-state index contributed by atoms with van der Waals surface area (Å²) in [7, 11) is -2.11. The fourth-order valence-corrected chi connectivity index (χ4v) is 5.98. The van der Waals surface area contributed by atoms with Crippen molar-refractivity contribution in [1.82, 2.24) is 5.32 Å². The van der Waals surface area contributed by atoms with Crippen LogP contribution in [0, 0.1) is 0 Å². The van der Waals surface area contributed by atoms with Crippen molar-refractivity contribution in [3.63, 3.8) is 0 Å². The van der Waals surface area contributed by atoms with Gasteiger partial charge in [0.2, 0.25) is 15.9 Å². The van der Waals surface area contributed by atoms with Gasteiger partial charge in [-0.2, -0.15) is 11.8 Å². The Bertz CT molecular complexity index is 733. The van der Waals surface area contributed by atoms with Crippen LogP contribution in [0.4, 0.5) is 5.69 Å². The van der Waals surface area contributed by atoms with E-state index in [-0.39, 0.29) is 5.91 Å². The number of hydrogen-bond acceptors (Lipinski definition) is 5. The van der Waals surface area contributed by atoms with E-state index in [1.54, 1.807) is 24.3 Å². The van der Waals surface area contributed by atoms with Crippen LogP contribution in [0.1, 0.15) is 45.4 Å². The average Bonchev–Trinajstić information content (AvgIpc) is 2.69. The standard InChI is InChI=1S/C20H32N2O4S2/c1-4-19(20(23)21-13-14-27-18-11-6-5-7-12-18)22(28(3,24)25)16-9-8-10-17(15-16)26-2/h8-10,15,18-19H,4-7,11-14H2,1-3H3,(H,21,23)/t19-/m1/s1. The number of thioether (sulfide) groups is 1. The number of nitrogens with zero attached hydrogens (tertiary/aromatic N) is 1. The summed E-state index contributed by atoms with van der Waals surface area (Å²) in [4.78, 5) is 12.8. The first kappa shape index (κ1) is 22.9. The molecule has 0 radical (unpaired) electrons. The SMILES string of the molecule is CC[C@H](C(=O)NCCSC1CCCCC1)N(c1cccc(OC)c1)S(C)(=O)=O. The highest BCUT2D eigenvalue weighted by atomic mass is 32.2. The third-order valence-corrected chi connectivity index (χ3v) is 7.51. The maximum absolute atomic E-state index is 12.8. The summed E-state index contributed by atoms with van der Waals surface area (Å²) in [5, 5.41) is 3.62. The molecule has 0 bridgehead atoms. The van der Waals surface area contributed by atoms with Crippen molar-refractivity contribution in [2.45, 2.75) is 56.7 Å². The van der Waals surface area contributed by atoms with Gasteiger partial charge in [0.05, 0.1) is 19.1 Å². The minimum atomic E-state index is -3.64. The number of carbonyl (C=O) groups is 1. The van der Waals surface area contributed by atoms with E-state index in [2.05, 4.69) is 5.32 Å². The molecule has 1 saturated carbocycles. The molecule has 1 aromatic rings. The highest BCUT2D eigenvalue weighted by Gasteiger charge is 2.31. The van der Waals surface area contributed by atoms with Crippen molar-refractivity contribution in [2.24, 2.45) is 0 Å². The quantitative estimate of drug-likeness (QED) is 0.578. The molecule has 6 nitrogen and oxygen atoms in total. The van der Waals surface area contributed by atoms with Crippen molar-refractivity contribution >= 4 is 33.4 Å². The number of benzene rings is 1. The Labute approximate surface area is 173 Å². The van der Waals surface area contributed by atoms with Crippen LogP contribution in [0.5, 0.6) is 5.75 Å². The lowest BCUT2D eigenvalue weighted by Crippen LogP contribution is -2.49. The second-order valence-corrected chi connectivity index (χ2v) is 10.4. The highest BCUT2D eigenvalue weighted by Crippen LogP contribution is 2.28. The Hall–Kier alpha value is -1.41. The first-order valence-corrected chi connectivity index (χ1v) is 12.8. The minimum Gasteiger partial charge on any atom is -0.497 e.